The number of nitrogens with one attached hydrogen (secondary N) is 2. The number of fused-ring (bicyclic) bond motifs is 1. The Labute approximate surface area is 189 Å². The number of thiazole rings is 1. The highest BCUT2D eigenvalue weighted by atomic mass is 32.1. The van der Waals surface area contributed by atoms with Crippen LogP contribution in [0.25, 0.3) is 10.2 Å². The number of amides is 2. The fourth-order valence-electron chi connectivity index (χ4n) is 3.06. The van der Waals surface area contributed by atoms with Gasteiger partial charge in [0.25, 0.3) is 5.91 Å². The van der Waals surface area contributed by atoms with Gasteiger partial charge in [0.1, 0.15) is 17.4 Å². The summed E-state index contributed by atoms with van der Waals surface area (Å²) in [6.45, 7) is 0.181. The molecule has 0 aliphatic heterocycles. The molecule has 0 fully saturated rings. The molecule has 2 amide bonds. The monoisotopic (exact) mass is 447 g/mol. The third-order valence-corrected chi connectivity index (χ3v) is 5.59. The predicted molar refractivity (Wildman–Crippen MR) is 125 cm³/mol. The van der Waals surface area contributed by atoms with Gasteiger partial charge in [-0.05, 0) is 48.5 Å². The van der Waals surface area contributed by atoms with Crippen molar-refractivity contribution in [2.24, 2.45) is 0 Å². The molecule has 1 heterocycles. The molecule has 2 N–H and O–H groups in total. The lowest BCUT2D eigenvalue weighted by atomic mass is 10.2. The Morgan fingerprint density at radius 2 is 1.69 bits per heavy atom. The van der Waals surface area contributed by atoms with Crippen LogP contribution in [-0.4, -0.2) is 30.5 Å². The quantitative estimate of drug-likeness (QED) is 0.408. The summed E-state index contributed by atoms with van der Waals surface area (Å²) in [6, 6.07) is 21.7. The van der Waals surface area contributed by atoms with Crippen LogP contribution in [0.1, 0.15) is 15.4 Å². The topological polar surface area (TPSA) is 89.6 Å². The number of methoxy groups -OCH3 is 1. The van der Waals surface area contributed by atoms with E-state index in [0.717, 1.165) is 15.2 Å². The summed E-state index contributed by atoms with van der Waals surface area (Å²) in [6.07, 6.45) is 0. The van der Waals surface area contributed by atoms with E-state index < -0.39 is 0 Å². The van der Waals surface area contributed by atoms with Crippen LogP contribution in [0, 0.1) is 0 Å². The molecule has 4 rings (SSSR count). The van der Waals surface area contributed by atoms with Crippen molar-refractivity contribution < 1.29 is 19.1 Å². The third-order valence-electron chi connectivity index (χ3n) is 4.58. The van der Waals surface area contributed by atoms with Gasteiger partial charge in [0.15, 0.2) is 0 Å². The Morgan fingerprint density at radius 1 is 0.938 bits per heavy atom. The van der Waals surface area contributed by atoms with E-state index in [1.165, 1.54) is 0 Å². The molecule has 162 valence electrons. The minimum Gasteiger partial charge on any atom is -0.495 e. The molecule has 0 aliphatic rings. The van der Waals surface area contributed by atoms with Crippen LogP contribution in [0.5, 0.6) is 5.75 Å². The molecule has 0 unspecified atom stereocenters. The summed E-state index contributed by atoms with van der Waals surface area (Å²) < 4.78 is 11.8. The van der Waals surface area contributed by atoms with Gasteiger partial charge in [-0.1, -0.05) is 24.3 Å². The largest absolute Gasteiger partial charge is 0.495 e. The second-order valence-electron chi connectivity index (χ2n) is 6.85. The zero-order valence-corrected chi connectivity index (χ0v) is 18.1. The molecule has 0 saturated carbocycles. The van der Waals surface area contributed by atoms with Crippen molar-refractivity contribution >= 4 is 44.7 Å². The Morgan fingerprint density at radius 3 is 2.47 bits per heavy atom. The van der Waals surface area contributed by atoms with Crippen LogP contribution in [0.2, 0.25) is 0 Å². The standard InChI is InChI=1S/C24H21N3O4S/c1-30-20-8-4-2-6-18(20)27-24(29)16-10-12-17(13-11-16)25-22(28)14-31-15-23-26-19-7-3-5-9-21(19)32-23/h2-13H,14-15H2,1H3,(H,25,28)(H,27,29). The number of hydrogen-bond donors (Lipinski definition) is 2. The lowest BCUT2D eigenvalue weighted by molar-refractivity contribution is -0.121. The van der Waals surface area contributed by atoms with Crippen molar-refractivity contribution in [2.45, 2.75) is 6.61 Å². The van der Waals surface area contributed by atoms with Gasteiger partial charge in [-0.2, -0.15) is 0 Å². The molecule has 0 spiro atoms. The van der Waals surface area contributed by atoms with Crippen molar-refractivity contribution in [3.05, 3.63) is 83.4 Å². The van der Waals surface area contributed by atoms with E-state index in [9.17, 15) is 9.59 Å². The van der Waals surface area contributed by atoms with Gasteiger partial charge in [-0.25, -0.2) is 4.98 Å². The predicted octanol–water partition coefficient (Wildman–Crippen LogP) is 4.71. The zero-order chi connectivity index (χ0) is 22.3. The first-order chi connectivity index (χ1) is 15.6. The van der Waals surface area contributed by atoms with E-state index in [0.29, 0.717) is 22.7 Å². The Bertz CT molecular complexity index is 1200. The Balaban J connectivity index is 1.27. The number of anilines is 2. The maximum Gasteiger partial charge on any atom is 0.255 e. The van der Waals surface area contributed by atoms with Gasteiger partial charge in [0, 0.05) is 11.3 Å². The second-order valence-corrected chi connectivity index (χ2v) is 7.96. The minimum atomic E-state index is -0.280. The number of para-hydroxylation sites is 3. The molecule has 1 aromatic heterocycles. The van der Waals surface area contributed by atoms with Crippen LogP contribution in [0.3, 0.4) is 0 Å². The van der Waals surface area contributed by atoms with Crippen molar-refractivity contribution in [3.63, 3.8) is 0 Å². The number of benzene rings is 3. The normalized spacial score (nSPS) is 10.7. The summed E-state index contributed by atoms with van der Waals surface area (Å²) in [5, 5.41) is 6.39. The van der Waals surface area contributed by atoms with Crippen LogP contribution >= 0.6 is 11.3 Å². The fraction of sp³-hybridized carbons (Fsp3) is 0.125. The number of aromatic nitrogens is 1. The van der Waals surface area contributed by atoms with Gasteiger partial charge >= 0.3 is 0 Å². The van der Waals surface area contributed by atoms with Crippen LogP contribution in [-0.2, 0) is 16.1 Å². The molecular weight excluding hydrogens is 426 g/mol. The highest BCUT2D eigenvalue weighted by Gasteiger charge is 2.10. The first kappa shape index (κ1) is 21.5. The van der Waals surface area contributed by atoms with Crippen molar-refractivity contribution in [3.8, 4) is 5.75 Å². The summed E-state index contributed by atoms with van der Waals surface area (Å²) >= 11 is 1.55. The Kier molecular flexibility index (Phi) is 6.74. The van der Waals surface area contributed by atoms with Gasteiger partial charge in [-0.3, -0.25) is 9.59 Å². The maximum atomic E-state index is 12.5. The molecular formula is C24H21N3O4S. The van der Waals surface area contributed by atoms with Crippen LogP contribution < -0.4 is 15.4 Å². The number of ether oxygens (including phenoxy) is 2. The first-order valence-corrected chi connectivity index (χ1v) is 10.7. The average Bonchev–Trinajstić information content (AvgIpc) is 3.22. The van der Waals surface area contributed by atoms with E-state index in [-0.39, 0.29) is 25.0 Å². The minimum absolute atomic E-state index is 0.0913. The van der Waals surface area contributed by atoms with E-state index in [4.69, 9.17) is 9.47 Å². The molecule has 0 bridgehead atoms. The summed E-state index contributed by atoms with van der Waals surface area (Å²) in [7, 11) is 1.55. The lowest BCUT2D eigenvalue weighted by Gasteiger charge is -2.10. The summed E-state index contributed by atoms with van der Waals surface area (Å²) in [5.74, 6) is 0.0273. The van der Waals surface area contributed by atoms with Crippen molar-refractivity contribution in [1.82, 2.24) is 4.98 Å². The maximum absolute atomic E-state index is 12.5. The SMILES string of the molecule is COc1ccccc1NC(=O)c1ccc(NC(=O)COCc2nc3ccccc3s2)cc1. The molecule has 0 saturated heterocycles. The molecule has 0 atom stereocenters. The van der Waals surface area contributed by atoms with Gasteiger partial charge in [-0.15, -0.1) is 11.3 Å². The van der Waals surface area contributed by atoms with Crippen molar-refractivity contribution in [1.29, 1.82) is 0 Å². The van der Waals surface area contributed by atoms with Gasteiger partial charge in [0.2, 0.25) is 5.91 Å². The highest BCUT2D eigenvalue weighted by molar-refractivity contribution is 7.18. The summed E-state index contributed by atoms with van der Waals surface area (Å²) in [4.78, 5) is 29.1. The van der Waals surface area contributed by atoms with Crippen LogP contribution in [0.15, 0.2) is 72.8 Å². The molecule has 3 aromatic carbocycles. The molecule has 32 heavy (non-hydrogen) atoms. The molecule has 0 aliphatic carbocycles. The van der Waals surface area contributed by atoms with E-state index in [1.54, 1.807) is 54.8 Å². The van der Waals surface area contributed by atoms with Crippen LogP contribution in [0.4, 0.5) is 11.4 Å². The first-order valence-electron chi connectivity index (χ1n) is 9.89. The zero-order valence-electron chi connectivity index (χ0n) is 17.3. The smallest absolute Gasteiger partial charge is 0.255 e. The number of nitrogens with zero attached hydrogens (tertiary/aromatic N) is 1. The molecule has 7 nitrogen and oxygen atoms in total. The number of carbonyl (C=O) groups excluding carboxylic acids is 2. The highest BCUT2D eigenvalue weighted by Crippen LogP contribution is 2.24. The average molecular weight is 448 g/mol. The van der Waals surface area contributed by atoms with Gasteiger partial charge < -0.3 is 20.1 Å². The Hall–Kier alpha value is -3.75. The fourth-order valence-corrected chi connectivity index (χ4v) is 3.96. The van der Waals surface area contributed by atoms with E-state index in [1.807, 2.05) is 36.4 Å². The summed E-state index contributed by atoms with van der Waals surface area (Å²) in [5.41, 5.74) is 2.55. The molecule has 4 aromatic rings. The van der Waals surface area contributed by atoms with Gasteiger partial charge in [0.05, 0.1) is 29.6 Å². The molecule has 8 heteroatoms. The van der Waals surface area contributed by atoms with Crippen molar-refractivity contribution in [2.75, 3.05) is 24.4 Å². The lowest BCUT2D eigenvalue weighted by Crippen LogP contribution is -2.18. The van der Waals surface area contributed by atoms with E-state index in [2.05, 4.69) is 15.6 Å². The second kappa shape index (κ2) is 10.0. The number of carbonyl (C=O) groups is 2. The third kappa shape index (κ3) is 5.29. The van der Waals surface area contributed by atoms with E-state index >= 15 is 0 Å². The molecule has 0 radical (unpaired) electrons. The number of hydrogen-bond acceptors (Lipinski definition) is 6. The number of rotatable bonds is 8.